The minimum atomic E-state index is -4.02. The molecule has 1 N–H and O–H groups in total. The van der Waals surface area contributed by atoms with Crippen LogP contribution in [0.25, 0.3) is 0 Å². The highest BCUT2D eigenvalue weighted by molar-refractivity contribution is 7.89. The van der Waals surface area contributed by atoms with E-state index in [-0.39, 0.29) is 28.0 Å². The summed E-state index contributed by atoms with van der Waals surface area (Å²) in [5.41, 5.74) is 0. The third kappa shape index (κ3) is 5.09. The molecule has 25 heavy (non-hydrogen) atoms. The molecule has 1 aromatic heterocycles. The number of furan rings is 1. The Bertz CT molecular complexity index is 851. The lowest BCUT2D eigenvalue weighted by molar-refractivity contribution is -0.121. The summed E-state index contributed by atoms with van der Waals surface area (Å²) in [4.78, 5) is 11.9. The molecule has 0 unspecified atom stereocenters. The number of carbonyl (C=O) groups is 1. The van der Waals surface area contributed by atoms with Crippen molar-refractivity contribution in [3.8, 4) is 0 Å². The Morgan fingerprint density at radius 1 is 1.32 bits per heavy atom. The molecule has 2 rings (SSSR count). The van der Waals surface area contributed by atoms with Crippen molar-refractivity contribution in [3.63, 3.8) is 0 Å². The van der Waals surface area contributed by atoms with Gasteiger partial charge in [-0.1, -0.05) is 29.3 Å². The molecule has 1 heterocycles. The van der Waals surface area contributed by atoms with E-state index in [1.54, 1.807) is 12.1 Å². The van der Waals surface area contributed by atoms with E-state index >= 15 is 0 Å². The first-order chi connectivity index (χ1) is 11.8. The summed E-state index contributed by atoms with van der Waals surface area (Å²) in [6.07, 6.45) is 2.87. The highest BCUT2D eigenvalue weighted by Crippen LogP contribution is 2.27. The summed E-state index contributed by atoms with van der Waals surface area (Å²) in [6.45, 7) is 3.24. The molecule has 0 saturated carbocycles. The standard InChI is InChI=1S/C16H16Cl2N2O4S/c1-2-7-20(11-16(21)19-10-13-4-3-8-24-13)25(22,23)15-9-12(17)5-6-14(15)18/h2-6,8-9H,1,7,10-11H2,(H,19,21). The summed E-state index contributed by atoms with van der Waals surface area (Å²) in [6, 6.07) is 7.51. The van der Waals surface area contributed by atoms with Gasteiger partial charge in [-0.3, -0.25) is 4.79 Å². The summed E-state index contributed by atoms with van der Waals surface area (Å²) in [5.74, 6) is 0.0735. The summed E-state index contributed by atoms with van der Waals surface area (Å²) in [5, 5.41) is 2.84. The van der Waals surface area contributed by atoms with Gasteiger partial charge in [0.1, 0.15) is 10.7 Å². The van der Waals surface area contributed by atoms with Crippen LogP contribution in [0.15, 0.2) is 58.6 Å². The summed E-state index contributed by atoms with van der Waals surface area (Å²) < 4.78 is 31.7. The highest BCUT2D eigenvalue weighted by Gasteiger charge is 2.28. The van der Waals surface area contributed by atoms with Crippen molar-refractivity contribution in [2.45, 2.75) is 11.4 Å². The Balaban J connectivity index is 2.16. The molecule has 0 bridgehead atoms. The van der Waals surface area contributed by atoms with E-state index < -0.39 is 22.5 Å². The van der Waals surface area contributed by atoms with E-state index in [2.05, 4.69) is 11.9 Å². The summed E-state index contributed by atoms with van der Waals surface area (Å²) in [7, 11) is -4.02. The lowest BCUT2D eigenvalue weighted by atomic mass is 10.4. The van der Waals surface area contributed by atoms with Crippen LogP contribution in [0.4, 0.5) is 0 Å². The Labute approximate surface area is 156 Å². The molecule has 1 amide bonds. The lowest BCUT2D eigenvalue weighted by Gasteiger charge is -2.21. The molecule has 1 aromatic carbocycles. The molecule has 0 aliphatic rings. The van der Waals surface area contributed by atoms with Crippen LogP contribution in [-0.2, 0) is 21.4 Å². The van der Waals surface area contributed by atoms with Gasteiger partial charge in [0.05, 0.1) is 24.4 Å². The summed E-state index contributed by atoms with van der Waals surface area (Å²) >= 11 is 11.9. The van der Waals surface area contributed by atoms with Crippen molar-refractivity contribution in [1.82, 2.24) is 9.62 Å². The maximum atomic E-state index is 12.8. The smallest absolute Gasteiger partial charge is 0.245 e. The number of halogens is 2. The molecular formula is C16H16Cl2N2O4S. The van der Waals surface area contributed by atoms with Crippen molar-refractivity contribution in [2.75, 3.05) is 13.1 Å². The Morgan fingerprint density at radius 2 is 2.08 bits per heavy atom. The fraction of sp³-hybridized carbons (Fsp3) is 0.188. The van der Waals surface area contributed by atoms with Gasteiger partial charge >= 0.3 is 0 Å². The van der Waals surface area contributed by atoms with E-state index in [1.165, 1.54) is 30.5 Å². The normalized spacial score (nSPS) is 11.5. The van der Waals surface area contributed by atoms with E-state index in [9.17, 15) is 13.2 Å². The SMILES string of the molecule is C=CCN(CC(=O)NCc1ccco1)S(=O)(=O)c1cc(Cl)ccc1Cl. The minimum Gasteiger partial charge on any atom is -0.467 e. The Morgan fingerprint density at radius 3 is 2.72 bits per heavy atom. The van der Waals surface area contributed by atoms with Gasteiger partial charge in [0.15, 0.2) is 0 Å². The number of hydrogen-bond donors (Lipinski definition) is 1. The van der Waals surface area contributed by atoms with E-state index in [0.717, 1.165) is 4.31 Å². The first kappa shape index (κ1) is 19.5. The number of nitrogens with zero attached hydrogens (tertiary/aromatic N) is 1. The Kier molecular flexibility index (Phi) is 6.66. The van der Waals surface area contributed by atoms with Crippen molar-refractivity contribution >= 4 is 39.1 Å². The predicted molar refractivity (Wildman–Crippen MR) is 96.0 cm³/mol. The van der Waals surface area contributed by atoms with E-state index in [4.69, 9.17) is 27.6 Å². The first-order valence-corrected chi connectivity index (χ1v) is 9.39. The van der Waals surface area contributed by atoms with Crippen LogP contribution in [0.5, 0.6) is 0 Å². The van der Waals surface area contributed by atoms with Crippen molar-refractivity contribution in [3.05, 3.63) is 65.1 Å². The zero-order valence-corrected chi connectivity index (χ0v) is 15.4. The van der Waals surface area contributed by atoms with E-state index in [0.29, 0.717) is 5.76 Å². The Hall–Kier alpha value is -1.80. The monoisotopic (exact) mass is 402 g/mol. The maximum absolute atomic E-state index is 12.8. The van der Waals surface area contributed by atoms with Gasteiger partial charge in [0.2, 0.25) is 15.9 Å². The third-order valence-corrected chi connectivity index (χ3v) is 5.73. The van der Waals surface area contributed by atoms with Gasteiger partial charge < -0.3 is 9.73 Å². The van der Waals surface area contributed by atoms with Gasteiger partial charge in [0.25, 0.3) is 0 Å². The van der Waals surface area contributed by atoms with Crippen LogP contribution in [0, 0.1) is 0 Å². The molecule has 0 aliphatic heterocycles. The number of hydrogen-bond acceptors (Lipinski definition) is 4. The second kappa shape index (κ2) is 8.53. The molecule has 0 saturated heterocycles. The van der Waals surface area contributed by atoms with Crippen molar-refractivity contribution in [1.29, 1.82) is 0 Å². The quantitative estimate of drug-likeness (QED) is 0.687. The van der Waals surface area contributed by atoms with Gasteiger partial charge in [-0.15, -0.1) is 6.58 Å². The van der Waals surface area contributed by atoms with Crippen LogP contribution in [0.2, 0.25) is 10.0 Å². The lowest BCUT2D eigenvalue weighted by Crippen LogP contribution is -2.40. The molecule has 9 heteroatoms. The fourth-order valence-electron chi connectivity index (χ4n) is 2.02. The second-order valence-electron chi connectivity index (χ2n) is 5.02. The van der Waals surface area contributed by atoms with Crippen molar-refractivity contribution < 1.29 is 17.6 Å². The number of nitrogens with one attached hydrogen (secondary N) is 1. The van der Waals surface area contributed by atoms with Gasteiger partial charge in [0, 0.05) is 11.6 Å². The number of amides is 1. The van der Waals surface area contributed by atoms with Gasteiger partial charge in [-0.25, -0.2) is 8.42 Å². The maximum Gasteiger partial charge on any atom is 0.245 e. The molecule has 0 atom stereocenters. The van der Waals surface area contributed by atoms with Crippen LogP contribution in [-0.4, -0.2) is 31.7 Å². The van der Waals surface area contributed by atoms with Crippen LogP contribution in [0.3, 0.4) is 0 Å². The molecule has 134 valence electrons. The number of carbonyl (C=O) groups excluding carboxylic acids is 1. The fourth-order valence-corrected chi connectivity index (χ4v) is 4.12. The topological polar surface area (TPSA) is 79.6 Å². The molecule has 0 aliphatic carbocycles. The zero-order chi connectivity index (χ0) is 18.4. The molecule has 0 spiro atoms. The number of benzene rings is 1. The zero-order valence-electron chi connectivity index (χ0n) is 13.1. The average Bonchev–Trinajstić information content (AvgIpc) is 3.08. The second-order valence-corrected chi connectivity index (χ2v) is 7.77. The van der Waals surface area contributed by atoms with Crippen LogP contribution in [0.1, 0.15) is 5.76 Å². The van der Waals surface area contributed by atoms with Crippen molar-refractivity contribution in [2.24, 2.45) is 0 Å². The molecule has 0 radical (unpaired) electrons. The van der Waals surface area contributed by atoms with Crippen LogP contribution >= 0.6 is 23.2 Å². The highest BCUT2D eigenvalue weighted by atomic mass is 35.5. The minimum absolute atomic E-state index is 0.0226. The largest absolute Gasteiger partial charge is 0.467 e. The molecule has 6 nitrogen and oxygen atoms in total. The average molecular weight is 403 g/mol. The number of rotatable bonds is 8. The third-order valence-electron chi connectivity index (χ3n) is 3.20. The van der Waals surface area contributed by atoms with Gasteiger partial charge in [-0.2, -0.15) is 4.31 Å². The first-order valence-electron chi connectivity index (χ1n) is 7.19. The van der Waals surface area contributed by atoms with Gasteiger partial charge in [-0.05, 0) is 30.3 Å². The predicted octanol–water partition coefficient (Wildman–Crippen LogP) is 3.08. The van der Waals surface area contributed by atoms with E-state index in [1.807, 2.05) is 0 Å². The number of sulfonamides is 1. The van der Waals surface area contributed by atoms with Crippen LogP contribution < -0.4 is 5.32 Å². The molecule has 0 fully saturated rings. The molecule has 2 aromatic rings. The molecular weight excluding hydrogens is 387 g/mol.